The van der Waals surface area contributed by atoms with E-state index in [4.69, 9.17) is 4.42 Å². The molecule has 3 nitrogen and oxygen atoms in total. The molecule has 1 fully saturated rings. The molecule has 1 aliphatic rings. The first-order chi connectivity index (χ1) is 7.68. The zero-order valence-electron chi connectivity index (χ0n) is 9.91. The normalized spacial score (nSPS) is 30.5. The molecule has 3 heteroatoms. The lowest BCUT2D eigenvalue weighted by molar-refractivity contribution is -0.0121. The summed E-state index contributed by atoms with van der Waals surface area (Å²) in [5, 5.41) is 13.7. The summed E-state index contributed by atoms with van der Waals surface area (Å²) in [6.07, 6.45) is 5.90. The predicted molar refractivity (Wildman–Crippen MR) is 63.0 cm³/mol. The summed E-state index contributed by atoms with van der Waals surface area (Å²) < 4.78 is 5.23. The van der Waals surface area contributed by atoms with Crippen molar-refractivity contribution in [2.24, 2.45) is 5.92 Å². The van der Waals surface area contributed by atoms with Gasteiger partial charge in [-0.2, -0.15) is 0 Å². The highest BCUT2D eigenvalue weighted by molar-refractivity contribution is 4.98. The van der Waals surface area contributed by atoms with Crippen molar-refractivity contribution in [2.45, 2.75) is 44.8 Å². The summed E-state index contributed by atoms with van der Waals surface area (Å²) in [6, 6.07) is 3.83. The van der Waals surface area contributed by atoms with Gasteiger partial charge in [-0.05, 0) is 30.9 Å². The molecule has 1 aromatic rings. The maximum absolute atomic E-state index is 10.4. The Hall–Kier alpha value is -0.800. The highest BCUT2D eigenvalue weighted by atomic mass is 16.3. The van der Waals surface area contributed by atoms with Gasteiger partial charge in [0.2, 0.25) is 0 Å². The maximum Gasteiger partial charge on any atom is 0.117 e. The molecule has 0 aliphatic heterocycles. The second-order valence-corrected chi connectivity index (χ2v) is 5.11. The molecule has 0 aromatic carbocycles. The quantitative estimate of drug-likeness (QED) is 0.823. The molecule has 2 rings (SSSR count). The van der Waals surface area contributed by atoms with E-state index in [1.165, 1.54) is 6.42 Å². The average molecular weight is 223 g/mol. The van der Waals surface area contributed by atoms with Crippen LogP contribution in [0, 0.1) is 5.92 Å². The van der Waals surface area contributed by atoms with Gasteiger partial charge in [-0.15, -0.1) is 0 Å². The van der Waals surface area contributed by atoms with E-state index in [9.17, 15) is 5.11 Å². The Balaban J connectivity index is 1.76. The molecule has 0 saturated heterocycles. The summed E-state index contributed by atoms with van der Waals surface area (Å²) in [7, 11) is 0. The van der Waals surface area contributed by atoms with Crippen molar-refractivity contribution in [3.8, 4) is 0 Å². The van der Waals surface area contributed by atoms with Gasteiger partial charge in [0.1, 0.15) is 5.76 Å². The largest absolute Gasteiger partial charge is 0.468 e. The second kappa shape index (κ2) is 5.02. The fourth-order valence-electron chi connectivity index (χ4n) is 2.62. The van der Waals surface area contributed by atoms with Crippen molar-refractivity contribution in [2.75, 3.05) is 6.54 Å². The highest BCUT2D eigenvalue weighted by Crippen LogP contribution is 2.31. The monoisotopic (exact) mass is 223 g/mol. The Morgan fingerprint density at radius 3 is 3.19 bits per heavy atom. The lowest BCUT2D eigenvalue weighted by atomic mass is 9.79. The van der Waals surface area contributed by atoms with Crippen LogP contribution in [0.5, 0.6) is 0 Å². The van der Waals surface area contributed by atoms with Crippen molar-refractivity contribution < 1.29 is 9.52 Å². The van der Waals surface area contributed by atoms with Crippen LogP contribution < -0.4 is 5.32 Å². The predicted octanol–water partition coefficient (Wildman–Crippen LogP) is 2.31. The Morgan fingerprint density at radius 2 is 2.50 bits per heavy atom. The van der Waals surface area contributed by atoms with E-state index < -0.39 is 5.60 Å². The Bertz CT molecular complexity index is 310. The van der Waals surface area contributed by atoms with E-state index in [2.05, 4.69) is 12.2 Å². The van der Waals surface area contributed by atoms with Gasteiger partial charge in [0, 0.05) is 6.54 Å². The summed E-state index contributed by atoms with van der Waals surface area (Å²) in [5.74, 6) is 1.57. The van der Waals surface area contributed by atoms with Gasteiger partial charge in [-0.25, -0.2) is 0 Å². The molecular formula is C13H21NO2. The molecular weight excluding hydrogens is 202 g/mol. The molecule has 2 N–H and O–H groups in total. The Labute approximate surface area is 96.8 Å². The molecule has 2 atom stereocenters. The second-order valence-electron chi connectivity index (χ2n) is 5.11. The average Bonchev–Trinajstić information content (AvgIpc) is 2.69. The first-order valence-electron chi connectivity index (χ1n) is 6.13. The third-order valence-corrected chi connectivity index (χ3v) is 3.40. The van der Waals surface area contributed by atoms with Crippen molar-refractivity contribution in [3.05, 3.63) is 24.2 Å². The number of rotatable bonds is 4. The standard InChI is InChI=1S/C13H21NO2/c1-11-4-2-6-13(15,8-11)10-14-9-12-5-3-7-16-12/h3,5,7,11,14-15H,2,4,6,8-10H2,1H3. The molecule has 0 spiro atoms. The minimum atomic E-state index is -0.510. The molecule has 1 saturated carbocycles. The van der Waals surface area contributed by atoms with Gasteiger partial charge >= 0.3 is 0 Å². The fourth-order valence-corrected chi connectivity index (χ4v) is 2.62. The minimum absolute atomic E-state index is 0.510. The maximum atomic E-state index is 10.4. The molecule has 16 heavy (non-hydrogen) atoms. The number of aliphatic hydroxyl groups is 1. The van der Waals surface area contributed by atoms with Crippen molar-refractivity contribution in [3.63, 3.8) is 0 Å². The van der Waals surface area contributed by atoms with E-state index in [0.29, 0.717) is 19.0 Å². The van der Waals surface area contributed by atoms with Crippen LogP contribution in [-0.4, -0.2) is 17.3 Å². The zero-order chi connectivity index (χ0) is 11.4. The van der Waals surface area contributed by atoms with Crippen LogP contribution in [-0.2, 0) is 6.54 Å². The molecule has 0 bridgehead atoms. The Morgan fingerprint density at radius 1 is 1.62 bits per heavy atom. The first kappa shape index (κ1) is 11.7. The number of hydrogen-bond donors (Lipinski definition) is 2. The lowest BCUT2D eigenvalue weighted by Gasteiger charge is -2.35. The van der Waals surface area contributed by atoms with E-state index in [1.54, 1.807) is 6.26 Å². The lowest BCUT2D eigenvalue weighted by Crippen LogP contribution is -2.43. The van der Waals surface area contributed by atoms with Gasteiger partial charge in [0.25, 0.3) is 0 Å². The van der Waals surface area contributed by atoms with Crippen LogP contribution in [0.2, 0.25) is 0 Å². The summed E-state index contributed by atoms with van der Waals surface area (Å²) in [4.78, 5) is 0. The zero-order valence-corrected chi connectivity index (χ0v) is 9.91. The molecule has 90 valence electrons. The van der Waals surface area contributed by atoms with Crippen LogP contribution in [0.25, 0.3) is 0 Å². The van der Waals surface area contributed by atoms with E-state index in [-0.39, 0.29) is 0 Å². The summed E-state index contributed by atoms with van der Waals surface area (Å²) >= 11 is 0. The molecule has 1 aliphatic carbocycles. The SMILES string of the molecule is CC1CCCC(O)(CNCc2ccco2)C1. The molecule has 0 radical (unpaired) electrons. The van der Waals surface area contributed by atoms with E-state index in [0.717, 1.165) is 25.0 Å². The molecule has 2 unspecified atom stereocenters. The third kappa shape index (κ3) is 3.09. The number of furan rings is 1. The smallest absolute Gasteiger partial charge is 0.117 e. The van der Waals surface area contributed by atoms with Gasteiger partial charge in [0.05, 0.1) is 18.4 Å². The van der Waals surface area contributed by atoms with Crippen LogP contribution in [0.1, 0.15) is 38.4 Å². The number of nitrogens with one attached hydrogen (secondary N) is 1. The number of hydrogen-bond acceptors (Lipinski definition) is 3. The van der Waals surface area contributed by atoms with Gasteiger partial charge < -0.3 is 14.8 Å². The van der Waals surface area contributed by atoms with Gasteiger partial charge in [-0.1, -0.05) is 19.8 Å². The fraction of sp³-hybridized carbons (Fsp3) is 0.692. The van der Waals surface area contributed by atoms with Crippen molar-refractivity contribution in [1.82, 2.24) is 5.32 Å². The van der Waals surface area contributed by atoms with E-state index >= 15 is 0 Å². The molecule has 1 heterocycles. The molecule has 0 amide bonds. The van der Waals surface area contributed by atoms with Gasteiger partial charge in [-0.3, -0.25) is 0 Å². The first-order valence-corrected chi connectivity index (χ1v) is 6.13. The summed E-state index contributed by atoms with van der Waals surface area (Å²) in [5.41, 5.74) is -0.510. The minimum Gasteiger partial charge on any atom is -0.468 e. The van der Waals surface area contributed by atoms with E-state index in [1.807, 2.05) is 12.1 Å². The van der Waals surface area contributed by atoms with Crippen LogP contribution in [0.4, 0.5) is 0 Å². The van der Waals surface area contributed by atoms with Gasteiger partial charge in [0.15, 0.2) is 0 Å². The molecule has 1 aromatic heterocycles. The van der Waals surface area contributed by atoms with Crippen molar-refractivity contribution in [1.29, 1.82) is 0 Å². The topological polar surface area (TPSA) is 45.4 Å². The Kier molecular flexibility index (Phi) is 3.66. The summed E-state index contributed by atoms with van der Waals surface area (Å²) in [6.45, 7) is 3.58. The highest BCUT2D eigenvalue weighted by Gasteiger charge is 2.31. The third-order valence-electron chi connectivity index (χ3n) is 3.40. The van der Waals surface area contributed by atoms with Crippen LogP contribution in [0.15, 0.2) is 22.8 Å². The van der Waals surface area contributed by atoms with Crippen LogP contribution in [0.3, 0.4) is 0 Å². The van der Waals surface area contributed by atoms with Crippen molar-refractivity contribution >= 4 is 0 Å². The van der Waals surface area contributed by atoms with Crippen LogP contribution >= 0.6 is 0 Å².